The third-order valence-electron chi connectivity index (χ3n) is 2.41. The maximum absolute atomic E-state index is 9.50. The lowest BCUT2D eigenvalue weighted by atomic mass is 10.3. The molecule has 2 unspecified atom stereocenters. The fourth-order valence-electron chi connectivity index (χ4n) is 1.25. The number of hydrogen-bond donors (Lipinski definition) is 2. The molecule has 0 bridgehead atoms. The van der Waals surface area contributed by atoms with Gasteiger partial charge in [-0.15, -0.1) is 11.8 Å². The van der Waals surface area contributed by atoms with Crippen molar-refractivity contribution in [1.82, 2.24) is 9.97 Å². The highest BCUT2D eigenvalue weighted by molar-refractivity contribution is 7.99. The Morgan fingerprint density at radius 1 is 1.35 bits per heavy atom. The normalized spacial score (nSPS) is 14.4. The molecule has 0 saturated heterocycles. The Morgan fingerprint density at radius 3 is 2.59 bits per heavy atom. The molecule has 1 aromatic heterocycles. The Hall–Kier alpha value is -0.810. The van der Waals surface area contributed by atoms with Gasteiger partial charge in [-0.3, -0.25) is 0 Å². The summed E-state index contributed by atoms with van der Waals surface area (Å²) in [5, 5.41) is 13.7. The molecule has 0 radical (unpaired) electrons. The summed E-state index contributed by atoms with van der Waals surface area (Å²) < 4.78 is 0. The second kappa shape index (κ2) is 6.81. The first-order valence-electron chi connectivity index (χ1n) is 6.03. The van der Waals surface area contributed by atoms with Crippen LogP contribution in [-0.4, -0.2) is 33.0 Å². The van der Waals surface area contributed by atoms with Crippen LogP contribution in [0.15, 0.2) is 11.1 Å². The number of aryl methyl sites for hydroxylation is 1. The molecule has 5 heteroatoms. The Morgan fingerprint density at radius 2 is 2.06 bits per heavy atom. The van der Waals surface area contributed by atoms with E-state index < -0.39 is 0 Å². The van der Waals surface area contributed by atoms with Crippen LogP contribution < -0.4 is 5.32 Å². The van der Waals surface area contributed by atoms with Gasteiger partial charge < -0.3 is 10.4 Å². The van der Waals surface area contributed by atoms with Crippen molar-refractivity contribution >= 4 is 17.6 Å². The van der Waals surface area contributed by atoms with E-state index in [2.05, 4.69) is 15.3 Å². The molecule has 1 heterocycles. The van der Waals surface area contributed by atoms with Crippen LogP contribution >= 0.6 is 11.8 Å². The average molecular weight is 255 g/mol. The number of anilines is 1. The van der Waals surface area contributed by atoms with Gasteiger partial charge in [-0.2, -0.15) is 0 Å². The van der Waals surface area contributed by atoms with Gasteiger partial charge in [-0.1, -0.05) is 13.8 Å². The molecule has 0 aliphatic rings. The largest absolute Gasteiger partial charge is 0.392 e. The lowest BCUT2D eigenvalue weighted by molar-refractivity contribution is 0.196. The summed E-state index contributed by atoms with van der Waals surface area (Å²) in [6, 6.07) is 1.94. The van der Waals surface area contributed by atoms with E-state index in [-0.39, 0.29) is 11.4 Å². The Kier molecular flexibility index (Phi) is 5.71. The molecule has 1 aromatic rings. The fourth-order valence-corrected chi connectivity index (χ4v) is 2.17. The second-order valence-electron chi connectivity index (χ2n) is 3.96. The summed E-state index contributed by atoms with van der Waals surface area (Å²) in [4.78, 5) is 8.85. The van der Waals surface area contributed by atoms with E-state index in [9.17, 15) is 5.11 Å². The fraction of sp³-hybridized carbons (Fsp3) is 0.667. The minimum Gasteiger partial charge on any atom is -0.392 e. The number of nitrogens with one attached hydrogen (secondary N) is 1. The second-order valence-corrected chi connectivity index (χ2v) is 5.35. The van der Waals surface area contributed by atoms with Crippen molar-refractivity contribution in [3.63, 3.8) is 0 Å². The first-order valence-corrected chi connectivity index (χ1v) is 6.91. The topological polar surface area (TPSA) is 58.0 Å². The van der Waals surface area contributed by atoms with E-state index in [0.717, 1.165) is 29.6 Å². The number of aliphatic hydroxyl groups excluding tert-OH is 1. The van der Waals surface area contributed by atoms with Gasteiger partial charge in [-0.05, 0) is 13.8 Å². The zero-order valence-corrected chi connectivity index (χ0v) is 11.7. The summed E-state index contributed by atoms with van der Waals surface area (Å²) in [5.74, 6) is 1.70. The van der Waals surface area contributed by atoms with Crippen LogP contribution in [0, 0.1) is 0 Å². The molecule has 0 fully saturated rings. The standard InChI is InChI=1S/C12H21N3OS/c1-5-10-14-11(13-6-2)7-12(15-10)17-9(4)8(3)16/h7-9,16H,5-6H2,1-4H3,(H,13,14,15). The van der Waals surface area contributed by atoms with Crippen molar-refractivity contribution in [2.24, 2.45) is 0 Å². The molecule has 2 atom stereocenters. The Bertz CT molecular complexity index is 358. The molecular formula is C12H21N3OS. The van der Waals surface area contributed by atoms with Gasteiger partial charge in [0.15, 0.2) is 0 Å². The third-order valence-corrected chi connectivity index (χ3v) is 3.63. The van der Waals surface area contributed by atoms with Crippen molar-refractivity contribution in [1.29, 1.82) is 0 Å². The highest BCUT2D eigenvalue weighted by Crippen LogP contribution is 2.25. The predicted octanol–water partition coefficient (Wildman–Crippen LogP) is 2.33. The molecule has 0 aromatic carbocycles. The van der Waals surface area contributed by atoms with Crippen LogP contribution in [0.5, 0.6) is 0 Å². The molecule has 2 N–H and O–H groups in total. The van der Waals surface area contributed by atoms with Crippen LogP contribution in [0.25, 0.3) is 0 Å². The van der Waals surface area contributed by atoms with E-state index >= 15 is 0 Å². The maximum Gasteiger partial charge on any atom is 0.131 e. The van der Waals surface area contributed by atoms with Crippen LogP contribution in [0.2, 0.25) is 0 Å². The van der Waals surface area contributed by atoms with E-state index in [0.29, 0.717) is 0 Å². The first kappa shape index (κ1) is 14.3. The minimum atomic E-state index is -0.345. The molecule has 0 aliphatic heterocycles. The van der Waals surface area contributed by atoms with Crippen molar-refractivity contribution < 1.29 is 5.11 Å². The number of hydrogen-bond acceptors (Lipinski definition) is 5. The SMILES string of the molecule is CCNc1cc(SC(C)C(C)O)nc(CC)n1. The quantitative estimate of drug-likeness (QED) is 0.603. The van der Waals surface area contributed by atoms with Gasteiger partial charge >= 0.3 is 0 Å². The van der Waals surface area contributed by atoms with Crippen molar-refractivity contribution in [2.75, 3.05) is 11.9 Å². The molecule has 96 valence electrons. The van der Waals surface area contributed by atoms with E-state index in [1.807, 2.05) is 26.8 Å². The molecule has 17 heavy (non-hydrogen) atoms. The van der Waals surface area contributed by atoms with Crippen molar-refractivity contribution in [3.8, 4) is 0 Å². The summed E-state index contributed by atoms with van der Waals surface area (Å²) in [5.41, 5.74) is 0. The molecule has 4 nitrogen and oxygen atoms in total. The van der Waals surface area contributed by atoms with Gasteiger partial charge in [0.1, 0.15) is 16.7 Å². The molecular weight excluding hydrogens is 234 g/mol. The summed E-state index contributed by atoms with van der Waals surface area (Å²) in [6.07, 6.45) is 0.471. The van der Waals surface area contributed by atoms with E-state index in [1.54, 1.807) is 18.7 Å². The first-order chi connectivity index (χ1) is 8.06. The third kappa shape index (κ3) is 4.52. The zero-order valence-electron chi connectivity index (χ0n) is 10.9. The average Bonchev–Trinajstić information content (AvgIpc) is 2.28. The van der Waals surface area contributed by atoms with Gasteiger partial charge in [-0.25, -0.2) is 9.97 Å². The van der Waals surface area contributed by atoms with Gasteiger partial charge in [0.25, 0.3) is 0 Å². The van der Waals surface area contributed by atoms with Crippen molar-refractivity contribution in [3.05, 3.63) is 11.9 Å². The van der Waals surface area contributed by atoms with Crippen LogP contribution in [0.1, 0.15) is 33.5 Å². The Labute approximate surface area is 107 Å². The van der Waals surface area contributed by atoms with Crippen LogP contribution in [0.4, 0.5) is 5.82 Å². The van der Waals surface area contributed by atoms with Gasteiger partial charge in [0.2, 0.25) is 0 Å². The molecule has 0 aliphatic carbocycles. The maximum atomic E-state index is 9.50. The number of aliphatic hydroxyl groups is 1. The van der Waals surface area contributed by atoms with Crippen LogP contribution in [-0.2, 0) is 6.42 Å². The lowest BCUT2D eigenvalue weighted by Crippen LogP contribution is -2.15. The van der Waals surface area contributed by atoms with E-state index in [4.69, 9.17) is 0 Å². The summed E-state index contributed by atoms with van der Waals surface area (Å²) in [7, 11) is 0. The van der Waals surface area contributed by atoms with Crippen molar-refractivity contribution in [2.45, 2.75) is 50.5 Å². The predicted molar refractivity (Wildman–Crippen MR) is 72.6 cm³/mol. The molecule has 0 saturated carbocycles. The smallest absolute Gasteiger partial charge is 0.131 e. The number of rotatable bonds is 6. The number of aromatic nitrogens is 2. The van der Waals surface area contributed by atoms with Gasteiger partial charge in [0, 0.05) is 24.3 Å². The van der Waals surface area contributed by atoms with E-state index in [1.165, 1.54) is 0 Å². The highest BCUT2D eigenvalue weighted by Gasteiger charge is 2.12. The summed E-state index contributed by atoms with van der Waals surface area (Å²) in [6.45, 7) is 8.72. The highest BCUT2D eigenvalue weighted by atomic mass is 32.2. The molecule has 0 amide bonds. The summed E-state index contributed by atoms with van der Waals surface area (Å²) >= 11 is 1.58. The molecule has 1 rings (SSSR count). The zero-order chi connectivity index (χ0) is 12.8. The Balaban J connectivity index is 2.86. The van der Waals surface area contributed by atoms with Crippen LogP contribution in [0.3, 0.4) is 0 Å². The minimum absolute atomic E-state index is 0.129. The lowest BCUT2D eigenvalue weighted by Gasteiger charge is -2.14. The molecule has 0 spiro atoms. The van der Waals surface area contributed by atoms with Gasteiger partial charge in [0.05, 0.1) is 6.10 Å². The number of thioether (sulfide) groups is 1. The monoisotopic (exact) mass is 255 g/mol. The number of nitrogens with zero attached hydrogens (tertiary/aromatic N) is 2.